The predicted molar refractivity (Wildman–Crippen MR) is 131 cm³/mol. The Kier molecular flexibility index (Phi) is 7.84. The van der Waals surface area contributed by atoms with Gasteiger partial charge in [0.15, 0.2) is 11.5 Å². The zero-order valence-corrected chi connectivity index (χ0v) is 20.4. The van der Waals surface area contributed by atoms with Crippen LogP contribution in [-0.2, 0) is 17.9 Å². The lowest BCUT2D eigenvalue weighted by Crippen LogP contribution is -2.59. The summed E-state index contributed by atoms with van der Waals surface area (Å²) in [6.07, 6.45) is -6.77. The standard InChI is InChI=1S/C27H23F6N3O3/c28-23-20(21(13-27(31,32)33)25(37)35-16-26(29,30)17-35)11-12-22(36(38)39)24(23)34(14-18-7-3-1-4-8-18)15-19-9-5-2-6-10-19/h1-12,21H,13-17H2. The number of halogens is 6. The third-order valence-corrected chi connectivity index (χ3v) is 6.34. The van der Waals surface area contributed by atoms with E-state index in [0.29, 0.717) is 16.0 Å². The van der Waals surface area contributed by atoms with Crippen LogP contribution in [-0.4, -0.2) is 40.9 Å². The van der Waals surface area contributed by atoms with Crippen molar-refractivity contribution in [3.8, 4) is 0 Å². The number of likely N-dealkylation sites (tertiary alicyclic amines) is 1. The molecule has 1 heterocycles. The van der Waals surface area contributed by atoms with Crippen LogP contribution in [0.15, 0.2) is 72.8 Å². The van der Waals surface area contributed by atoms with Gasteiger partial charge < -0.3 is 9.80 Å². The first kappa shape index (κ1) is 27.9. The zero-order valence-electron chi connectivity index (χ0n) is 20.4. The monoisotopic (exact) mass is 551 g/mol. The summed E-state index contributed by atoms with van der Waals surface area (Å²) in [4.78, 5) is 25.8. The van der Waals surface area contributed by atoms with E-state index in [0.717, 1.165) is 12.1 Å². The normalized spacial score (nSPS) is 15.4. The molecule has 0 aromatic heterocycles. The Labute approximate surface area is 219 Å². The Balaban J connectivity index is 1.83. The number of amides is 1. The Hall–Kier alpha value is -4.09. The fraction of sp³-hybridized carbons (Fsp3) is 0.296. The average molecular weight is 551 g/mol. The first-order chi connectivity index (χ1) is 18.3. The van der Waals surface area contributed by atoms with Gasteiger partial charge in [-0.25, -0.2) is 13.2 Å². The van der Waals surface area contributed by atoms with Crippen LogP contribution in [0.5, 0.6) is 0 Å². The van der Waals surface area contributed by atoms with E-state index in [1.807, 2.05) is 0 Å². The summed E-state index contributed by atoms with van der Waals surface area (Å²) in [5.74, 6) is -8.16. The molecule has 1 aliphatic heterocycles. The number of nitrogens with zero attached hydrogens (tertiary/aromatic N) is 3. The van der Waals surface area contributed by atoms with Crippen LogP contribution in [0.4, 0.5) is 37.7 Å². The van der Waals surface area contributed by atoms with Crippen LogP contribution in [0.1, 0.15) is 29.0 Å². The lowest BCUT2D eigenvalue weighted by Gasteiger charge is -2.40. The molecular formula is C27H23F6N3O3. The molecule has 0 saturated carbocycles. The summed E-state index contributed by atoms with van der Waals surface area (Å²) >= 11 is 0. The first-order valence-corrected chi connectivity index (χ1v) is 11.9. The van der Waals surface area contributed by atoms with Crippen molar-refractivity contribution in [3.63, 3.8) is 0 Å². The highest BCUT2D eigenvalue weighted by Crippen LogP contribution is 2.42. The molecule has 0 N–H and O–H groups in total. The minimum atomic E-state index is -4.95. The van der Waals surface area contributed by atoms with Crippen LogP contribution >= 0.6 is 0 Å². The summed E-state index contributed by atoms with van der Waals surface area (Å²) < 4.78 is 83.5. The van der Waals surface area contributed by atoms with Crippen molar-refractivity contribution >= 4 is 17.3 Å². The molecule has 0 spiro atoms. The van der Waals surface area contributed by atoms with Gasteiger partial charge in [-0.2, -0.15) is 13.2 Å². The van der Waals surface area contributed by atoms with Gasteiger partial charge in [-0.1, -0.05) is 60.7 Å². The highest BCUT2D eigenvalue weighted by molar-refractivity contribution is 5.86. The second-order valence-corrected chi connectivity index (χ2v) is 9.34. The molecule has 1 saturated heterocycles. The Morgan fingerprint density at radius 3 is 1.90 bits per heavy atom. The molecule has 12 heteroatoms. The minimum absolute atomic E-state index is 0.0484. The number of anilines is 1. The molecule has 1 fully saturated rings. The van der Waals surface area contributed by atoms with Crippen molar-refractivity contribution in [2.75, 3.05) is 18.0 Å². The molecule has 1 atom stereocenters. The molecule has 3 aromatic rings. The fourth-order valence-corrected chi connectivity index (χ4v) is 4.56. The van der Waals surface area contributed by atoms with Gasteiger partial charge in [-0.15, -0.1) is 0 Å². The third-order valence-electron chi connectivity index (χ3n) is 6.34. The van der Waals surface area contributed by atoms with Gasteiger partial charge in [0.2, 0.25) is 5.91 Å². The molecule has 0 radical (unpaired) electrons. The average Bonchev–Trinajstić information content (AvgIpc) is 2.85. The summed E-state index contributed by atoms with van der Waals surface area (Å²) in [5.41, 5.74) is -0.785. The molecule has 3 aromatic carbocycles. The maximum atomic E-state index is 16.2. The molecule has 0 bridgehead atoms. The molecule has 1 amide bonds. The van der Waals surface area contributed by atoms with Gasteiger partial charge in [-0.3, -0.25) is 14.9 Å². The second kappa shape index (κ2) is 11.0. The Morgan fingerprint density at radius 2 is 1.46 bits per heavy atom. The first-order valence-electron chi connectivity index (χ1n) is 11.9. The van der Waals surface area contributed by atoms with E-state index in [-0.39, 0.29) is 13.1 Å². The van der Waals surface area contributed by atoms with E-state index in [4.69, 9.17) is 0 Å². The number of hydrogen-bond donors (Lipinski definition) is 0. The predicted octanol–water partition coefficient (Wildman–Crippen LogP) is 6.45. The molecule has 0 aliphatic carbocycles. The zero-order chi connectivity index (χ0) is 28.4. The van der Waals surface area contributed by atoms with E-state index < -0.39 is 71.1 Å². The topological polar surface area (TPSA) is 66.7 Å². The van der Waals surface area contributed by atoms with Crippen molar-refractivity contribution in [2.45, 2.75) is 37.5 Å². The van der Waals surface area contributed by atoms with Gasteiger partial charge in [0.05, 0.1) is 30.4 Å². The summed E-state index contributed by atoms with van der Waals surface area (Å²) in [7, 11) is 0. The van der Waals surface area contributed by atoms with E-state index in [9.17, 15) is 36.9 Å². The van der Waals surface area contributed by atoms with Crippen molar-refractivity contribution < 1.29 is 36.1 Å². The molecule has 1 aliphatic rings. The number of carbonyl (C=O) groups excluding carboxylic acids is 1. The van der Waals surface area contributed by atoms with Crippen LogP contribution in [0.25, 0.3) is 0 Å². The maximum absolute atomic E-state index is 16.2. The number of alkyl halides is 5. The molecule has 4 rings (SSSR count). The van der Waals surface area contributed by atoms with Gasteiger partial charge in [0.25, 0.3) is 11.6 Å². The molecule has 206 valence electrons. The highest BCUT2D eigenvalue weighted by atomic mass is 19.4. The number of nitro benzene ring substituents is 1. The van der Waals surface area contributed by atoms with Gasteiger partial charge in [0, 0.05) is 24.7 Å². The lowest BCUT2D eigenvalue weighted by molar-refractivity contribution is -0.384. The third kappa shape index (κ3) is 6.68. The Morgan fingerprint density at radius 1 is 0.949 bits per heavy atom. The van der Waals surface area contributed by atoms with Crippen LogP contribution < -0.4 is 4.90 Å². The number of hydrogen-bond acceptors (Lipinski definition) is 4. The number of benzene rings is 3. The summed E-state index contributed by atoms with van der Waals surface area (Å²) in [5, 5.41) is 11.9. The number of carbonyl (C=O) groups is 1. The van der Waals surface area contributed by atoms with Gasteiger partial charge in [0.1, 0.15) is 0 Å². The van der Waals surface area contributed by atoms with Gasteiger partial charge >= 0.3 is 6.18 Å². The minimum Gasteiger partial charge on any atom is -0.355 e. The van der Waals surface area contributed by atoms with E-state index in [1.165, 1.54) is 4.90 Å². The molecule has 6 nitrogen and oxygen atoms in total. The highest BCUT2D eigenvalue weighted by Gasteiger charge is 2.50. The largest absolute Gasteiger partial charge is 0.390 e. The Bertz CT molecular complexity index is 1290. The van der Waals surface area contributed by atoms with Gasteiger partial charge in [-0.05, 0) is 17.2 Å². The summed E-state index contributed by atoms with van der Waals surface area (Å²) in [6.45, 7) is -2.27. The van der Waals surface area contributed by atoms with E-state index in [2.05, 4.69) is 0 Å². The summed E-state index contributed by atoms with van der Waals surface area (Å²) in [6, 6.07) is 18.7. The quantitative estimate of drug-likeness (QED) is 0.174. The van der Waals surface area contributed by atoms with Crippen LogP contribution in [0, 0.1) is 15.9 Å². The SMILES string of the molecule is O=C(C(CC(F)(F)F)c1ccc([N+](=O)[O-])c(N(Cc2ccccc2)Cc2ccccc2)c1F)N1CC(F)(F)C1. The maximum Gasteiger partial charge on any atom is 0.390 e. The number of nitro groups is 1. The van der Waals surface area contributed by atoms with Crippen molar-refractivity contribution in [2.24, 2.45) is 0 Å². The van der Waals surface area contributed by atoms with E-state index in [1.54, 1.807) is 60.7 Å². The lowest BCUT2D eigenvalue weighted by atomic mass is 9.90. The molecule has 39 heavy (non-hydrogen) atoms. The molecular weight excluding hydrogens is 528 g/mol. The van der Waals surface area contributed by atoms with Crippen LogP contribution in [0.2, 0.25) is 0 Å². The van der Waals surface area contributed by atoms with Crippen molar-refractivity contribution in [3.05, 3.63) is 105 Å². The van der Waals surface area contributed by atoms with E-state index >= 15 is 4.39 Å². The molecule has 1 unspecified atom stereocenters. The second-order valence-electron chi connectivity index (χ2n) is 9.34. The fourth-order valence-electron chi connectivity index (χ4n) is 4.56. The van der Waals surface area contributed by atoms with Crippen molar-refractivity contribution in [1.82, 2.24) is 4.90 Å². The smallest absolute Gasteiger partial charge is 0.355 e. The number of rotatable bonds is 9. The van der Waals surface area contributed by atoms with Crippen molar-refractivity contribution in [1.29, 1.82) is 0 Å². The van der Waals surface area contributed by atoms with Crippen LogP contribution in [0.3, 0.4) is 0 Å².